The highest BCUT2D eigenvalue weighted by molar-refractivity contribution is 7.99. The minimum atomic E-state index is -0.870. The van der Waals surface area contributed by atoms with Gasteiger partial charge >= 0.3 is 5.97 Å². The Kier molecular flexibility index (Phi) is 6.63. The zero-order chi connectivity index (χ0) is 22.8. The molecular formula is C27H26ClNO2S. The quantitative estimate of drug-likeness (QED) is 0.283. The molecule has 2 atom stereocenters. The fraction of sp³-hybridized carbons (Fsp3) is 0.222. The fourth-order valence-corrected chi connectivity index (χ4v) is 5.46. The summed E-state index contributed by atoms with van der Waals surface area (Å²) in [6.45, 7) is 6.06. The number of fused-ring (bicyclic) bond motifs is 1. The molecule has 1 N–H and O–H groups in total. The van der Waals surface area contributed by atoms with E-state index in [0.717, 1.165) is 32.0 Å². The van der Waals surface area contributed by atoms with Gasteiger partial charge in [-0.05, 0) is 48.2 Å². The smallest absolute Gasteiger partial charge is 0.312 e. The molecule has 2 unspecified atom stereocenters. The number of hydrogen-bond donors (Lipinski definition) is 1. The molecule has 0 fully saturated rings. The number of aliphatic carboxylic acids is 1. The third kappa shape index (κ3) is 4.30. The lowest BCUT2D eigenvalue weighted by atomic mass is 10.0. The topological polar surface area (TPSA) is 42.2 Å². The van der Waals surface area contributed by atoms with Gasteiger partial charge in [-0.1, -0.05) is 91.8 Å². The molecule has 0 aliphatic rings. The van der Waals surface area contributed by atoms with Gasteiger partial charge in [-0.25, -0.2) is 0 Å². The third-order valence-electron chi connectivity index (χ3n) is 5.73. The Hall–Kier alpha value is -2.69. The summed E-state index contributed by atoms with van der Waals surface area (Å²) in [4.78, 5) is 14.2. The van der Waals surface area contributed by atoms with E-state index in [1.807, 2.05) is 65.2 Å². The monoisotopic (exact) mass is 463 g/mol. The largest absolute Gasteiger partial charge is 0.481 e. The van der Waals surface area contributed by atoms with Crippen molar-refractivity contribution < 1.29 is 9.90 Å². The van der Waals surface area contributed by atoms with E-state index in [1.54, 1.807) is 18.7 Å². The van der Waals surface area contributed by atoms with Crippen LogP contribution in [0.2, 0.25) is 0 Å². The Morgan fingerprint density at radius 1 is 0.906 bits per heavy atom. The second-order valence-electron chi connectivity index (χ2n) is 8.24. The van der Waals surface area contributed by atoms with E-state index >= 15 is 0 Å². The van der Waals surface area contributed by atoms with Crippen LogP contribution in [0.1, 0.15) is 54.9 Å². The number of carbonyl (C=O) groups is 1. The lowest BCUT2D eigenvalue weighted by molar-refractivity contribution is -0.138. The summed E-state index contributed by atoms with van der Waals surface area (Å²) in [7, 11) is 0. The number of hydrogen-bond acceptors (Lipinski definition) is 2. The Morgan fingerprint density at radius 3 is 2.12 bits per heavy atom. The molecule has 3 nitrogen and oxygen atoms in total. The normalized spacial score (nSPS) is 13.4. The third-order valence-corrected chi connectivity index (χ3v) is 7.32. The first-order valence-electron chi connectivity index (χ1n) is 10.7. The van der Waals surface area contributed by atoms with E-state index in [0.29, 0.717) is 5.92 Å². The zero-order valence-electron chi connectivity index (χ0n) is 18.3. The molecule has 5 heteroatoms. The Labute approximate surface area is 198 Å². The summed E-state index contributed by atoms with van der Waals surface area (Å²) < 4.78 is 2.00. The number of benzene rings is 3. The van der Waals surface area contributed by atoms with Crippen LogP contribution in [0.25, 0.3) is 10.9 Å². The highest BCUT2D eigenvalue weighted by atomic mass is 35.5. The highest BCUT2D eigenvalue weighted by Crippen LogP contribution is 2.45. The first-order valence-corrected chi connectivity index (χ1v) is 12.0. The predicted octanol–water partition coefficient (Wildman–Crippen LogP) is 7.89. The van der Waals surface area contributed by atoms with Crippen LogP contribution in [0.5, 0.6) is 0 Å². The molecule has 0 bridgehead atoms. The van der Waals surface area contributed by atoms with E-state index in [-0.39, 0.29) is 0 Å². The molecule has 1 aromatic heterocycles. The van der Waals surface area contributed by atoms with Gasteiger partial charge in [0.1, 0.15) is 5.50 Å². The van der Waals surface area contributed by atoms with Crippen LogP contribution in [0.4, 0.5) is 0 Å². The summed E-state index contributed by atoms with van der Waals surface area (Å²) in [5.74, 6) is -1.23. The van der Waals surface area contributed by atoms with E-state index in [1.165, 1.54) is 5.56 Å². The van der Waals surface area contributed by atoms with E-state index in [4.69, 9.17) is 11.6 Å². The number of carboxylic acids is 1. The number of rotatable bonds is 7. The number of aromatic nitrogens is 1. The summed E-state index contributed by atoms with van der Waals surface area (Å²) in [5.41, 5.74) is 3.29. The van der Waals surface area contributed by atoms with Gasteiger partial charge in [-0.3, -0.25) is 4.79 Å². The molecule has 0 saturated heterocycles. The number of halogens is 1. The van der Waals surface area contributed by atoms with E-state index in [9.17, 15) is 9.90 Å². The first kappa shape index (κ1) is 22.5. The minimum Gasteiger partial charge on any atom is -0.481 e. The van der Waals surface area contributed by atoms with Crippen molar-refractivity contribution in [2.24, 2.45) is 0 Å². The van der Waals surface area contributed by atoms with Gasteiger partial charge in [0.25, 0.3) is 0 Å². The molecule has 0 radical (unpaired) electrons. The zero-order valence-corrected chi connectivity index (χ0v) is 19.9. The number of nitrogens with zero attached hydrogens (tertiary/aromatic N) is 1. The second-order valence-corrected chi connectivity index (χ2v) is 9.73. The molecule has 0 spiro atoms. The van der Waals surface area contributed by atoms with Crippen molar-refractivity contribution in [3.63, 3.8) is 0 Å². The molecule has 0 aliphatic heterocycles. The van der Waals surface area contributed by atoms with Crippen molar-refractivity contribution >= 4 is 40.2 Å². The molecule has 0 saturated carbocycles. The Morgan fingerprint density at radius 2 is 1.53 bits per heavy atom. The highest BCUT2D eigenvalue weighted by Gasteiger charge is 2.30. The van der Waals surface area contributed by atoms with Gasteiger partial charge in [0.05, 0.1) is 11.4 Å². The van der Waals surface area contributed by atoms with Gasteiger partial charge < -0.3 is 9.67 Å². The molecule has 164 valence electrons. The second kappa shape index (κ2) is 9.43. The Balaban J connectivity index is 2.04. The maximum Gasteiger partial charge on any atom is 0.312 e. The van der Waals surface area contributed by atoms with Crippen molar-refractivity contribution in [3.8, 4) is 0 Å². The van der Waals surface area contributed by atoms with Gasteiger partial charge in [0, 0.05) is 20.9 Å². The average molecular weight is 464 g/mol. The van der Waals surface area contributed by atoms with Gasteiger partial charge in [-0.2, -0.15) is 0 Å². The lowest BCUT2D eigenvalue weighted by Crippen LogP contribution is -2.16. The van der Waals surface area contributed by atoms with Crippen LogP contribution in [0, 0.1) is 0 Å². The molecule has 1 heterocycles. The van der Waals surface area contributed by atoms with Gasteiger partial charge in [0.15, 0.2) is 0 Å². The molecule has 4 rings (SSSR count). The summed E-state index contributed by atoms with van der Waals surface area (Å²) in [6.07, 6.45) is 0. The molecule has 0 amide bonds. The molecule has 3 aromatic carbocycles. The van der Waals surface area contributed by atoms with Crippen molar-refractivity contribution in [3.05, 3.63) is 95.7 Å². The van der Waals surface area contributed by atoms with Crippen molar-refractivity contribution in [2.45, 2.75) is 47.9 Å². The minimum absolute atomic E-state index is 0.360. The van der Waals surface area contributed by atoms with Crippen LogP contribution in [-0.4, -0.2) is 15.6 Å². The van der Waals surface area contributed by atoms with Crippen molar-refractivity contribution in [1.82, 2.24) is 4.57 Å². The van der Waals surface area contributed by atoms with Crippen molar-refractivity contribution in [1.29, 1.82) is 0 Å². The Bertz CT molecular complexity index is 1230. The van der Waals surface area contributed by atoms with E-state index in [2.05, 4.69) is 32.0 Å². The van der Waals surface area contributed by atoms with Crippen LogP contribution < -0.4 is 0 Å². The maximum atomic E-state index is 12.2. The summed E-state index contributed by atoms with van der Waals surface area (Å²) in [5, 5.41) is 11.0. The molecule has 0 aliphatic carbocycles. The maximum absolute atomic E-state index is 12.2. The van der Waals surface area contributed by atoms with Gasteiger partial charge in [0.2, 0.25) is 0 Å². The predicted molar refractivity (Wildman–Crippen MR) is 133 cm³/mol. The summed E-state index contributed by atoms with van der Waals surface area (Å²) >= 11 is 8.64. The van der Waals surface area contributed by atoms with Crippen LogP contribution in [-0.2, 0) is 4.79 Å². The lowest BCUT2D eigenvalue weighted by Gasteiger charge is -2.20. The molecular weight excluding hydrogens is 438 g/mol. The molecule has 4 aromatic rings. The van der Waals surface area contributed by atoms with Crippen LogP contribution >= 0.6 is 23.4 Å². The first-order chi connectivity index (χ1) is 15.4. The fourth-order valence-electron chi connectivity index (χ4n) is 3.92. The average Bonchev–Trinajstić information content (AvgIpc) is 3.12. The number of alkyl halides is 1. The molecule has 32 heavy (non-hydrogen) atoms. The summed E-state index contributed by atoms with van der Waals surface area (Å²) in [6, 6.07) is 26.3. The number of carboxylic acid groups (broad SMARTS) is 1. The standard InChI is InChI=1S/C27H26ClNO2S/c1-17(2)20-14-15-23-22(16-20)25(32-21-12-8-5-9-13-21)24(18(3)27(30)31)29(23)26(28)19-10-6-4-7-11-19/h4-18,26H,1-3H3,(H,30,31). The van der Waals surface area contributed by atoms with E-state index < -0.39 is 17.4 Å². The van der Waals surface area contributed by atoms with Crippen LogP contribution in [0.3, 0.4) is 0 Å². The van der Waals surface area contributed by atoms with Crippen LogP contribution in [0.15, 0.2) is 88.7 Å². The van der Waals surface area contributed by atoms with Crippen molar-refractivity contribution in [2.75, 3.05) is 0 Å². The SMILES string of the molecule is CC(C)c1ccc2c(c1)c(Sc1ccccc1)c(C(C)C(=O)O)n2C(Cl)c1ccccc1. The van der Waals surface area contributed by atoms with Gasteiger partial charge in [-0.15, -0.1) is 0 Å².